The standard InChI is InChI=1S/C19H21N3O/c1-13-5-8-17(11-14(13)2)19-21-20-18(23-19)16-9-6-15(7-10-16)12-22(3)4/h5-11H,12H2,1-4H3. The lowest BCUT2D eigenvalue weighted by molar-refractivity contribution is 0.402. The highest BCUT2D eigenvalue weighted by Gasteiger charge is 2.11. The van der Waals surface area contributed by atoms with Gasteiger partial charge in [-0.3, -0.25) is 0 Å². The van der Waals surface area contributed by atoms with Crippen LogP contribution in [-0.2, 0) is 6.54 Å². The second kappa shape index (κ2) is 6.34. The lowest BCUT2D eigenvalue weighted by Gasteiger charge is -2.09. The Balaban J connectivity index is 1.85. The van der Waals surface area contributed by atoms with Gasteiger partial charge in [0, 0.05) is 17.7 Å². The predicted molar refractivity (Wildman–Crippen MR) is 92.0 cm³/mol. The van der Waals surface area contributed by atoms with Crippen molar-refractivity contribution in [2.24, 2.45) is 0 Å². The normalized spacial score (nSPS) is 11.2. The molecule has 0 spiro atoms. The van der Waals surface area contributed by atoms with Crippen molar-refractivity contribution in [2.45, 2.75) is 20.4 Å². The summed E-state index contributed by atoms with van der Waals surface area (Å²) >= 11 is 0. The number of aryl methyl sites for hydroxylation is 2. The highest BCUT2D eigenvalue weighted by atomic mass is 16.4. The van der Waals surface area contributed by atoms with Crippen LogP contribution in [0.15, 0.2) is 46.9 Å². The van der Waals surface area contributed by atoms with Crippen molar-refractivity contribution >= 4 is 0 Å². The number of hydrogen-bond donors (Lipinski definition) is 0. The first-order valence-electron chi connectivity index (χ1n) is 7.68. The highest BCUT2D eigenvalue weighted by molar-refractivity contribution is 5.59. The SMILES string of the molecule is Cc1ccc(-c2nnc(-c3ccc(CN(C)C)cc3)o2)cc1C. The average Bonchev–Trinajstić information content (AvgIpc) is 3.00. The second-order valence-corrected chi connectivity index (χ2v) is 6.15. The Kier molecular flexibility index (Phi) is 4.26. The summed E-state index contributed by atoms with van der Waals surface area (Å²) in [7, 11) is 4.11. The van der Waals surface area contributed by atoms with Gasteiger partial charge in [-0.1, -0.05) is 18.2 Å². The molecule has 2 aromatic carbocycles. The van der Waals surface area contributed by atoms with Gasteiger partial charge < -0.3 is 9.32 Å². The van der Waals surface area contributed by atoms with Crippen molar-refractivity contribution in [1.29, 1.82) is 0 Å². The Morgan fingerprint density at radius 1 is 0.826 bits per heavy atom. The minimum Gasteiger partial charge on any atom is -0.416 e. The zero-order chi connectivity index (χ0) is 16.4. The van der Waals surface area contributed by atoms with Gasteiger partial charge in [-0.15, -0.1) is 10.2 Å². The van der Waals surface area contributed by atoms with Gasteiger partial charge in [0.05, 0.1) is 0 Å². The first-order chi connectivity index (χ1) is 11.0. The second-order valence-electron chi connectivity index (χ2n) is 6.15. The number of hydrogen-bond acceptors (Lipinski definition) is 4. The molecule has 0 saturated heterocycles. The maximum Gasteiger partial charge on any atom is 0.248 e. The highest BCUT2D eigenvalue weighted by Crippen LogP contribution is 2.25. The monoisotopic (exact) mass is 307 g/mol. The van der Waals surface area contributed by atoms with Crippen molar-refractivity contribution in [3.8, 4) is 22.9 Å². The predicted octanol–water partition coefficient (Wildman–Crippen LogP) is 4.08. The third-order valence-corrected chi connectivity index (χ3v) is 3.88. The molecule has 0 N–H and O–H groups in total. The third kappa shape index (κ3) is 3.48. The van der Waals surface area contributed by atoms with Gasteiger partial charge in [-0.05, 0) is 68.9 Å². The Morgan fingerprint density at radius 3 is 2.04 bits per heavy atom. The Hall–Kier alpha value is -2.46. The molecule has 0 fully saturated rings. The molecular weight excluding hydrogens is 286 g/mol. The van der Waals surface area contributed by atoms with Crippen LogP contribution in [-0.4, -0.2) is 29.2 Å². The maximum absolute atomic E-state index is 5.84. The summed E-state index contributed by atoms with van der Waals surface area (Å²) in [5.41, 5.74) is 5.62. The zero-order valence-corrected chi connectivity index (χ0v) is 14.0. The number of aromatic nitrogens is 2. The lowest BCUT2D eigenvalue weighted by Crippen LogP contribution is -2.10. The van der Waals surface area contributed by atoms with Crippen molar-refractivity contribution in [3.63, 3.8) is 0 Å². The van der Waals surface area contributed by atoms with Crippen molar-refractivity contribution in [3.05, 3.63) is 59.2 Å². The third-order valence-electron chi connectivity index (χ3n) is 3.88. The van der Waals surface area contributed by atoms with Crippen LogP contribution in [0.3, 0.4) is 0 Å². The molecule has 0 bridgehead atoms. The van der Waals surface area contributed by atoms with E-state index in [0.29, 0.717) is 11.8 Å². The molecular formula is C19H21N3O. The van der Waals surface area contributed by atoms with Crippen molar-refractivity contribution < 1.29 is 4.42 Å². The summed E-state index contributed by atoms with van der Waals surface area (Å²) in [6, 6.07) is 14.4. The fourth-order valence-corrected chi connectivity index (χ4v) is 2.45. The van der Waals surface area contributed by atoms with E-state index in [1.165, 1.54) is 16.7 Å². The molecule has 0 radical (unpaired) electrons. The molecule has 0 unspecified atom stereocenters. The van der Waals surface area contributed by atoms with Crippen LogP contribution in [0.2, 0.25) is 0 Å². The van der Waals surface area contributed by atoms with Gasteiger partial charge in [0.1, 0.15) is 0 Å². The van der Waals surface area contributed by atoms with E-state index < -0.39 is 0 Å². The summed E-state index contributed by atoms with van der Waals surface area (Å²) in [5, 5.41) is 8.36. The topological polar surface area (TPSA) is 42.2 Å². The summed E-state index contributed by atoms with van der Waals surface area (Å²) in [6.07, 6.45) is 0. The molecule has 0 saturated carbocycles. The van der Waals surface area contributed by atoms with Gasteiger partial charge in [0.2, 0.25) is 11.8 Å². The zero-order valence-electron chi connectivity index (χ0n) is 14.0. The van der Waals surface area contributed by atoms with E-state index in [2.05, 4.69) is 67.3 Å². The van der Waals surface area contributed by atoms with E-state index in [4.69, 9.17) is 4.42 Å². The molecule has 0 aliphatic heterocycles. The minimum atomic E-state index is 0.551. The fourth-order valence-electron chi connectivity index (χ4n) is 2.45. The van der Waals surface area contributed by atoms with Crippen LogP contribution in [0.25, 0.3) is 22.9 Å². The summed E-state index contributed by atoms with van der Waals surface area (Å²) in [6.45, 7) is 5.09. The van der Waals surface area contributed by atoms with Gasteiger partial charge in [0.15, 0.2) is 0 Å². The van der Waals surface area contributed by atoms with Crippen molar-refractivity contribution in [1.82, 2.24) is 15.1 Å². The Morgan fingerprint density at radius 2 is 1.43 bits per heavy atom. The first-order valence-corrected chi connectivity index (χ1v) is 7.68. The van der Waals surface area contributed by atoms with Gasteiger partial charge in [-0.25, -0.2) is 0 Å². The molecule has 0 aliphatic rings. The van der Waals surface area contributed by atoms with Crippen LogP contribution in [0.4, 0.5) is 0 Å². The van der Waals surface area contributed by atoms with E-state index in [1.54, 1.807) is 0 Å². The maximum atomic E-state index is 5.84. The van der Waals surface area contributed by atoms with E-state index in [-0.39, 0.29) is 0 Å². The van der Waals surface area contributed by atoms with Crippen LogP contribution >= 0.6 is 0 Å². The number of benzene rings is 2. The molecule has 1 heterocycles. The number of nitrogens with zero attached hydrogens (tertiary/aromatic N) is 3. The van der Waals surface area contributed by atoms with Gasteiger partial charge >= 0.3 is 0 Å². The summed E-state index contributed by atoms with van der Waals surface area (Å²) in [5.74, 6) is 1.11. The number of rotatable bonds is 4. The smallest absolute Gasteiger partial charge is 0.248 e. The van der Waals surface area contributed by atoms with Gasteiger partial charge in [-0.2, -0.15) is 0 Å². The molecule has 4 heteroatoms. The molecule has 0 aliphatic carbocycles. The van der Waals surface area contributed by atoms with Crippen molar-refractivity contribution in [2.75, 3.05) is 14.1 Å². The van der Waals surface area contributed by atoms with Crippen LogP contribution in [0.5, 0.6) is 0 Å². The van der Waals surface area contributed by atoms with Crippen LogP contribution in [0.1, 0.15) is 16.7 Å². The average molecular weight is 307 g/mol. The van der Waals surface area contributed by atoms with Crippen LogP contribution < -0.4 is 0 Å². The van der Waals surface area contributed by atoms with E-state index >= 15 is 0 Å². The molecule has 3 aromatic rings. The van der Waals surface area contributed by atoms with E-state index in [1.807, 2.05) is 18.2 Å². The molecule has 4 nitrogen and oxygen atoms in total. The van der Waals surface area contributed by atoms with E-state index in [9.17, 15) is 0 Å². The largest absolute Gasteiger partial charge is 0.416 e. The fraction of sp³-hybridized carbons (Fsp3) is 0.263. The Bertz CT molecular complexity index is 804. The Labute approximate surface area is 136 Å². The molecule has 23 heavy (non-hydrogen) atoms. The quantitative estimate of drug-likeness (QED) is 0.728. The summed E-state index contributed by atoms with van der Waals surface area (Å²) < 4.78 is 5.84. The molecule has 0 atom stereocenters. The molecule has 118 valence electrons. The molecule has 0 amide bonds. The summed E-state index contributed by atoms with van der Waals surface area (Å²) in [4.78, 5) is 2.14. The molecule has 3 rings (SSSR count). The minimum absolute atomic E-state index is 0.551. The first kappa shape index (κ1) is 15.4. The van der Waals surface area contributed by atoms with E-state index in [0.717, 1.165) is 17.7 Å². The van der Waals surface area contributed by atoms with Crippen LogP contribution in [0, 0.1) is 13.8 Å². The lowest BCUT2D eigenvalue weighted by atomic mass is 10.1. The molecule has 1 aromatic heterocycles. The van der Waals surface area contributed by atoms with Gasteiger partial charge in [0.25, 0.3) is 0 Å².